The predicted molar refractivity (Wildman–Crippen MR) is 79.6 cm³/mol. The van der Waals surface area contributed by atoms with Crippen LogP contribution in [0.5, 0.6) is 5.75 Å². The van der Waals surface area contributed by atoms with Gasteiger partial charge in [0.2, 0.25) is 0 Å². The number of hydrogen-bond acceptors (Lipinski definition) is 5. The van der Waals surface area contributed by atoms with Crippen LogP contribution < -0.4 is 10.1 Å². The maximum Gasteiger partial charge on any atom is 0.270 e. The molecule has 1 heterocycles. The summed E-state index contributed by atoms with van der Waals surface area (Å²) in [5.41, 5.74) is 0.977. The van der Waals surface area contributed by atoms with Gasteiger partial charge in [-0.2, -0.15) is 0 Å². The summed E-state index contributed by atoms with van der Waals surface area (Å²) in [6.45, 7) is 5.63. The maximum absolute atomic E-state index is 10.8. The first kappa shape index (κ1) is 16.7. The summed E-state index contributed by atoms with van der Waals surface area (Å²) in [5.74, 6) is 0.705. The number of ether oxygens (including phenoxy) is 1. The average molecular weight is 302 g/mol. The summed E-state index contributed by atoms with van der Waals surface area (Å²) < 4.78 is 5.28. The number of nitro benzene ring substituents is 1. The summed E-state index contributed by atoms with van der Waals surface area (Å²) in [5, 5.41) is 14.2. The third-order valence-electron chi connectivity index (χ3n) is 3.32. The van der Waals surface area contributed by atoms with Crippen LogP contribution in [-0.2, 0) is 6.54 Å². The van der Waals surface area contributed by atoms with Gasteiger partial charge in [0.1, 0.15) is 5.75 Å². The number of hydrogen-bond donors (Lipinski definition) is 1. The average Bonchev–Trinajstić information content (AvgIpc) is 2.38. The molecule has 1 saturated heterocycles. The highest BCUT2D eigenvalue weighted by Gasteiger charge is 2.18. The normalized spacial score (nSPS) is 19.2. The number of piperazine rings is 1. The molecule has 0 aromatic heterocycles. The van der Waals surface area contributed by atoms with Crippen LogP contribution in [0.1, 0.15) is 12.5 Å². The number of halogens is 1. The van der Waals surface area contributed by atoms with Crippen LogP contribution in [0.3, 0.4) is 0 Å². The first-order chi connectivity index (χ1) is 9.10. The van der Waals surface area contributed by atoms with Crippen LogP contribution in [0.25, 0.3) is 0 Å². The van der Waals surface area contributed by atoms with E-state index in [4.69, 9.17) is 4.74 Å². The Morgan fingerprint density at radius 1 is 1.55 bits per heavy atom. The van der Waals surface area contributed by atoms with E-state index in [0.717, 1.165) is 25.2 Å². The van der Waals surface area contributed by atoms with E-state index in [1.54, 1.807) is 19.2 Å². The van der Waals surface area contributed by atoms with Gasteiger partial charge < -0.3 is 10.1 Å². The molecule has 0 radical (unpaired) electrons. The summed E-state index contributed by atoms with van der Waals surface area (Å²) in [4.78, 5) is 12.7. The number of non-ortho nitro benzene ring substituents is 1. The lowest BCUT2D eigenvalue weighted by molar-refractivity contribution is -0.385. The Morgan fingerprint density at radius 3 is 2.90 bits per heavy atom. The van der Waals surface area contributed by atoms with Crippen LogP contribution in [0.4, 0.5) is 5.69 Å². The van der Waals surface area contributed by atoms with Gasteiger partial charge in [-0.25, -0.2) is 0 Å². The Labute approximate surface area is 124 Å². The van der Waals surface area contributed by atoms with E-state index in [1.807, 2.05) is 0 Å². The molecule has 1 fully saturated rings. The minimum absolute atomic E-state index is 0. The molecule has 1 aromatic carbocycles. The molecule has 0 spiro atoms. The first-order valence-electron chi connectivity index (χ1n) is 6.37. The molecule has 1 unspecified atom stereocenters. The number of methoxy groups -OCH3 is 1. The van der Waals surface area contributed by atoms with Gasteiger partial charge in [0.05, 0.1) is 12.0 Å². The highest BCUT2D eigenvalue weighted by molar-refractivity contribution is 5.85. The fourth-order valence-corrected chi connectivity index (χ4v) is 2.40. The third kappa shape index (κ3) is 4.06. The minimum Gasteiger partial charge on any atom is -0.496 e. The molecule has 1 atom stereocenters. The van der Waals surface area contributed by atoms with Gasteiger partial charge in [0.25, 0.3) is 5.69 Å². The molecule has 0 bridgehead atoms. The molecule has 1 aromatic rings. The standard InChI is InChI=1S/C13H19N3O3.ClH/c1-10-8-15(6-5-14-10)9-11-7-12(16(17)18)3-4-13(11)19-2;/h3-4,7,10,14H,5-6,8-9H2,1-2H3;1H. The van der Waals surface area contributed by atoms with Crippen LogP contribution in [0.15, 0.2) is 18.2 Å². The molecule has 20 heavy (non-hydrogen) atoms. The van der Waals surface area contributed by atoms with Gasteiger partial charge in [-0.15, -0.1) is 12.4 Å². The smallest absolute Gasteiger partial charge is 0.270 e. The molecule has 1 aliphatic heterocycles. The molecular weight excluding hydrogens is 282 g/mol. The van der Waals surface area contributed by atoms with Gasteiger partial charge in [-0.1, -0.05) is 0 Å². The number of rotatable bonds is 4. The van der Waals surface area contributed by atoms with Crippen molar-refractivity contribution in [1.29, 1.82) is 0 Å². The van der Waals surface area contributed by atoms with Crippen LogP contribution in [-0.4, -0.2) is 42.6 Å². The van der Waals surface area contributed by atoms with E-state index in [2.05, 4.69) is 17.1 Å². The van der Waals surface area contributed by atoms with Crippen molar-refractivity contribution in [2.75, 3.05) is 26.7 Å². The number of benzene rings is 1. The lowest BCUT2D eigenvalue weighted by Gasteiger charge is -2.32. The van der Waals surface area contributed by atoms with E-state index in [9.17, 15) is 10.1 Å². The molecular formula is C13H20ClN3O3. The Kier molecular flexibility index (Phi) is 6.19. The zero-order chi connectivity index (χ0) is 13.8. The second-order valence-corrected chi connectivity index (χ2v) is 4.84. The van der Waals surface area contributed by atoms with Gasteiger partial charge in [0.15, 0.2) is 0 Å². The molecule has 7 heteroatoms. The number of nitro groups is 1. The van der Waals surface area contributed by atoms with Crippen molar-refractivity contribution >= 4 is 18.1 Å². The number of nitrogens with one attached hydrogen (secondary N) is 1. The van der Waals surface area contributed by atoms with Crippen molar-refractivity contribution in [3.8, 4) is 5.75 Å². The van der Waals surface area contributed by atoms with E-state index in [-0.39, 0.29) is 23.0 Å². The van der Waals surface area contributed by atoms with E-state index < -0.39 is 0 Å². The largest absolute Gasteiger partial charge is 0.496 e. The van der Waals surface area contributed by atoms with Crippen molar-refractivity contribution in [2.45, 2.75) is 19.5 Å². The van der Waals surface area contributed by atoms with Gasteiger partial charge in [-0.3, -0.25) is 15.0 Å². The second kappa shape index (κ2) is 7.42. The Bertz CT molecular complexity index is 470. The summed E-state index contributed by atoms with van der Waals surface area (Å²) in [6.07, 6.45) is 0. The predicted octanol–water partition coefficient (Wildman–Crippen LogP) is 1.82. The topological polar surface area (TPSA) is 67.6 Å². The summed E-state index contributed by atoms with van der Waals surface area (Å²) in [7, 11) is 1.59. The maximum atomic E-state index is 10.8. The highest BCUT2D eigenvalue weighted by atomic mass is 35.5. The summed E-state index contributed by atoms with van der Waals surface area (Å²) >= 11 is 0. The van der Waals surface area contributed by atoms with E-state index >= 15 is 0 Å². The van der Waals surface area contributed by atoms with Crippen molar-refractivity contribution in [1.82, 2.24) is 10.2 Å². The summed E-state index contributed by atoms with van der Waals surface area (Å²) in [6, 6.07) is 5.19. The van der Waals surface area contributed by atoms with Crippen molar-refractivity contribution < 1.29 is 9.66 Å². The molecule has 112 valence electrons. The SMILES string of the molecule is COc1ccc([N+](=O)[O-])cc1CN1CCNC(C)C1.Cl. The molecule has 0 aliphatic carbocycles. The first-order valence-corrected chi connectivity index (χ1v) is 6.37. The third-order valence-corrected chi connectivity index (χ3v) is 3.32. The van der Waals surface area contributed by atoms with Crippen LogP contribution in [0.2, 0.25) is 0 Å². The van der Waals surface area contributed by atoms with Gasteiger partial charge >= 0.3 is 0 Å². The minimum atomic E-state index is -0.372. The fraction of sp³-hybridized carbons (Fsp3) is 0.538. The van der Waals surface area contributed by atoms with Crippen LogP contribution >= 0.6 is 12.4 Å². The lowest BCUT2D eigenvalue weighted by Crippen LogP contribution is -2.48. The molecule has 0 saturated carbocycles. The molecule has 0 amide bonds. The van der Waals surface area contributed by atoms with E-state index in [1.165, 1.54) is 6.07 Å². The zero-order valence-electron chi connectivity index (χ0n) is 11.7. The fourth-order valence-electron chi connectivity index (χ4n) is 2.40. The zero-order valence-corrected chi connectivity index (χ0v) is 12.5. The molecule has 2 rings (SSSR count). The number of nitrogens with zero attached hydrogens (tertiary/aromatic N) is 2. The lowest BCUT2D eigenvalue weighted by atomic mass is 10.1. The van der Waals surface area contributed by atoms with Crippen LogP contribution in [0, 0.1) is 10.1 Å². The van der Waals surface area contributed by atoms with Gasteiger partial charge in [0, 0.05) is 49.9 Å². The monoisotopic (exact) mass is 301 g/mol. The Morgan fingerprint density at radius 2 is 2.30 bits per heavy atom. The highest BCUT2D eigenvalue weighted by Crippen LogP contribution is 2.25. The van der Waals surface area contributed by atoms with E-state index in [0.29, 0.717) is 18.3 Å². The Hall–Kier alpha value is -1.37. The quantitative estimate of drug-likeness (QED) is 0.679. The van der Waals surface area contributed by atoms with Gasteiger partial charge in [-0.05, 0) is 13.0 Å². The molecule has 1 N–H and O–H groups in total. The van der Waals surface area contributed by atoms with Crippen molar-refractivity contribution in [3.63, 3.8) is 0 Å². The second-order valence-electron chi connectivity index (χ2n) is 4.84. The molecule has 1 aliphatic rings. The van der Waals surface area contributed by atoms with Crippen molar-refractivity contribution in [2.24, 2.45) is 0 Å². The molecule has 6 nitrogen and oxygen atoms in total. The Balaban J connectivity index is 0.00000200. The van der Waals surface area contributed by atoms with Crippen molar-refractivity contribution in [3.05, 3.63) is 33.9 Å².